The SMILES string of the molecule is CCCCCCCCCCCCCCCCCCCOC(C)c1ccc(C(=O)Oc2ccc(-c3ccc(OCCCCCCCCCCCC)cc3)cc2)cc1. The molecule has 1 atom stereocenters. The number of carbonyl (C=O) groups is 1. The van der Waals surface area contributed by atoms with E-state index >= 15 is 0 Å². The van der Waals surface area contributed by atoms with Gasteiger partial charge in [0.15, 0.2) is 0 Å². The van der Waals surface area contributed by atoms with Gasteiger partial charge in [-0.05, 0) is 72.9 Å². The van der Waals surface area contributed by atoms with Crippen LogP contribution in [0.1, 0.15) is 216 Å². The van der Waals surface area contributed by atoms with Crippen molar-refractivity contribution in [2.24, 2.45) is 0 Å². The van der Waals surface area contributed by atoms with Crippen molar-refractivity contribution in [2.45, 2.75) is 200 Å². The lowest BCUT2D eigenvalue weighted by Crippen LogP contribution is -2.09. The number of unbranched alkanes of at least 4 members (excludes halogenated alkanes) is 25. The predicted octanol–water partition coefficient (Wildman–Crippen LogP) is 16.6. The third kappa shape index (κ3) is 22.0. The summed E-state index contributed by atoms with van der Waals surface area (Å²) in [7, 11) is 0. The molecule has 0 N–H and O–H groups in total. The van der Waals surface area contributed by atoms with Crippen LogP contribution in [0.15, 0.2) is 72.8 Å². The van der Waals surface area contributed by atoms with Gasteiger partial charge in [0.2, 0.25) is 0 Å². The minimum Gasteiger partial charge on any atom is -0.494 e. The Kier molecular flexibility index (Phi) is 26.9. The molecule has 3 rings (SSSR count). The van der Waals surface area contributed by atoms with Crippen LogP contribution >= 0.6 is 0 Å². The fourth-order valence-corrected chi connectivity index (χ4v) is 7.48. The molecule has 312 valence electrons. The van der Waals surface area contributed by atoms with E-state index in [1.165, 1.54) is 161 Å². The molecule has 0 aromatic heterocycles. The maximum atomic E-state index is 12.9. The molecule has 1 unspecified atom stereocenters. The molecule has 4 heteroatoms. The second kappa shape index (κ2) is 31.9. The Labute approximate surface area is 343 Å². The van der Waals surface area contributed by atoms with Crippen LogP contribution in [0.3, 0.4) is 0 Å². The van der Waals surface area contributed by atoms with Gasteiger partial charge in [-0.3, -0.25) is 0 Å². The van der Waals surface area contributed by atoms with E-state index in [2.05, 4.69) is 32.9 Å². The minimum atomic E-state index is -0.356. The molecule has 0 amide bonds. The van der Waals surface area contributed by atoms with Crippen LogP contribution in [0.4, 0.5) is 0 Å². The summed E-state index contributed by atoms with van der Waals surface area (Å²) in [6.45, 7) is 8.19. The molecular weight excluding hydrogens is 689 g/mol. The first-order chi connectivity index (χ1) is 27.6. The number of benzene rings is 3. The maximum absolute atomic E-state index is 12.9. The molecule has 0 aliphatic rings. The molecule has 0 bridgehead atoms. The van der Waals surface area contributed by atoms with Crippen LogP contribution in [0.25, 0.3) is 11.1 Å². The van der Waals surface area contributed by atoms with E-state index in [4.69, 9.17) is 14.2 Å². The molecule has 0 spiro atoms. The molecular formula is C52H80O4. The van der Waals surface area contributed by atoms with E-state index in [0.29, 0.717) is 11.3 Å². The van der Waals surface area contributed by atoms with Crippen LogP contribution in [0.2, 0.25) is 0 Å². The van der Waals surface area contributed by atoms with Gasteiger partial charge in [0, 0.05) is 6.61 Å². The third-order valence-electron chi connectivity index (χ3n) is 11.3. The molecule has 0 saturated carbocycles. The summed E-state index contributed by atoms with van der Waals surface area (Å²) in [5.41, 5.74) is 3.78. The first-order valence-corrected chi connectivity index (χ1v) is 23.4. The van der Waals surface area contributed by atoms with Gasteiger partial charge in [-0.15, -0.1) is 0 Å². The van der Waals surface area contributed by atoms with Crippen molar-refractivity contribution in [3.05, 3.63) is 83.9 Å². The normalized spacial score (nSPS) is 11.8. The zero-order valence-electron chi connectivity index (χ0n) is 36.1. The fourth-order valence-electron chi connectivity index (χ4n) is 7.48. The Balaban J connectivity index is 1.20. The Morgan fingerprint density at radius 2 is 0.786 bits per heavy atom. The van der Waals surface area contributed by atoms with Gasteiger partial charge in [-0.25, -0.2) is 4.79 Å². The van der Waals surface area contributed by atoms with Crippen molar-refractivity contribution >= 4 is 5.97 Å². The summed E-state index contributed by atoms with van der Waals surface area (Å²) in [4.78, 5) is 12.9. The summed E-state index contributed by atoms with van der Waals surface area (Å²) in [5, 5.41) is 0. The maximum Gasteiger partial charge on any atom is 0.343 e. The highest BCUT2D eigenvalue weighted by molar-refractivity contribution is 5.91. The lowest BCUT2D eigenvalue weighted by atomic mass is 10.0. The van der Waals surface area contributed by atoms with Crippen LogP contribution in [-0.4, -0.2) is 19.2 Å². The van der Waals surface area contributed by atoms with Gasteiger partial charge < -0.3 is 14.2 Å². The smallest absolute Gasteiger partial charge is 0.343 e. The highest BCUT2D eigenvalue weighted by Gasteiger charge is 2.12. The Morgan fingerprint density at radius 3 is 1.20 bits per heavy atom. The van der Waals surface area contributed by atoms with Crippen molar-refractivity contribution in [3.8, 4) is 22.6 Å². The summed E-state index contributed by atoms with van der Waals surface area (Å²) >= 11 is 0. The first kappa shape index (κ1) is 47.3. The van der Waals surface area contributed by atoms with E-state index in [9.17, 15) is 4.79 Å². The summed E-state index contributed by atoms with van der Waals surface area (Å²) in [6, 6.07) is 23.6. The number of ether oxygens (including phenoxy) is 3. The molecule has 0 radical (unpaired) electrons. The second-order valence-corrected chi connectivity index (χ2v) is 16.3. The highest BCUT2D eigenvalue weighted by Crippen LogP contribution is 2.26. The molecule has 0 aliphatic heterocycles. The highest BCUT2D eigenvalue weighted by atomic mass is 16.5. The molecule has 0 fully saturated rings. The average molecular weight is 769 g/mol. The van der Waals surface area contributed by atoms with Gasteiger partial charge in [0.05, 0.1) is 18.3 Å². The Bertz CT molecular complexity index is 1350. The third-order valence-corrected chi connectivity index (χ3v) is 11.3. The number of carbonyl (C=O) groups excluding carboxylic acids is 1. The largest absolute Gasteiger partial charge is 0.494 e. The minimum absolute atomic E-state index is 0.00107. The van der Waals surface area contributed by atoms with Crippen LogP contribution in [-0.2, 0) is 4.74 Å². The summed E-state index contributed by atoms with van der Waals surface area (Å²) < 4.78 is 17.8. The van der Waals surface area contributed by atoms with E-state index in [1.807, 2.05) is 60.7 Å². The lowest BCUT2D eigenvalue weighted by molar-refractivity contribution is 0.0626. The zero-order chi connectivity index (χ0) is 39.7. The Hall–Kier alpha value is -3.11. The van der Waals surface area contributed by atoms with Crippen LogP contribution in [0.5, 0.6) is 11.5 Å². The van der Waals surface area contributed by atoms with Crippen molar-refractivity contribution in [2.75, 3.05) is 13.2 Å². The Morgan fingerprint density at radius 1 is 0.429 bits per heavy atom. The van der Waals surface area contributed by atoms with E-state index < -0.39 is 0 Å². The fraction of sp³-hybridized carbons (Fsp3) is 0.635. The second-order valence-electron chi connectivity index (χ2n) is 16.3. The number of hydrogen-bond donors (Lipinski definition) is 0. The molecule has 4 nitrogen and oxygen atoms in total. The zero-order valence-corrected chi connectivity index (χ0v) is 36.1. The van der Waals surface area contributed by atoms with Crippen LogP contribution in [0, 0.1) is 0 Å². The molecule has 0 heterocycles. The standard InChI is InChI=1S/C52H80O4/c1-4-6-8-10-12-14-16-17-18-19-20-21-22-24-25-27-29-43-54-45(3)46-31-33-49(34-32-46)52(53)56-51-41-37-48(38-42-51)47-35-39-50(40-36-47)55-44-30-28-26-23-15-13-11-9-7-5-2/h31-42,45H,4-30,43-44H2,1-3H3. The van der Waals surface area contributed by atoms with E-state index in [1.54, 1.807) is 0 Å². The van der Waals surface area contributed by atoms with Crippen molar-refractivity contribution in [1.82, 2.24) is 0 Å². The predicted molar refractivity (Wildman–Crippen MR) is 239 cm³/mol. The summed E-state index contributed by atoms with van der Waals surface area (Å²) in [6.07, 6.45) is 36.7. The van der Waals surface area contributed by atoms with Crippen molar-refractivity contribution in [1.29, 1.82) is 0 Å². The van der Waals surface area contributed by atoms with Gasteiger partial charge >= 0.3 is 5.97 Å². The average Bonchev–Trinajstić information content (AvgIpc) is 3.23. The van der Waals surface area contributed by atoms with Gasteiger partial charge in [-0.1, -0.05) is 211 Å². The quantitative estimate of drug-likeness (QED) is 0.0340. The monoisotopic (exact) mass is 769 g/mol. The molecule has 56 heavy (non-hydrogen) atoms. The van der Waals surface area contributed by atoms with Crippen LogP contribution < -0.4 is 9.47 Å². The number of esters is 1. The van der Waals surface area contributed by atoms with E-state index in [0.717, 1.165) is 48.5 Å². The first-order valence-electron chi connectivity index (χ1n) is 23.4. The van der Waals surface area contributed by atoms with Crippen molar-refractivity contribution in [3.63, 3.8) is 0 Å². The van der Waals surface area contributed by atoms with Gasteiger partial charge in [0.1, 0.15) is 11.5 Å². The van der Waals surface area contributed by atoms with E-state index in [-0.39, 0.29) is 12.1 Å². The molecule has 3 aromatic carbocycles. The lowest BCUT2D eigenvalue weighted by Gasteiger charge is -2.14. The molecule has 0 saturated heterocycles. The number of hydrogen-bond acceptors (Lipinski definition) is 4. The van der Waals surface area contributed by atoms with Gasteiger partial charge in [0.25, 0.3) is 0 Å². The molecule has 0 aliphatic carbocycles. The van der Waals surface area contributed by atoms with Gasteiger partial charge in [-0.2, -0.15) is 0 Å². The summed E-state index contributed by atoms with van der Waals surface area (Å²) in [5.74, 6) is 1.09. The van der Waals surface area contributed by atoms with Crippen molar-refractivity contribution < 1.29 is 19.0 Å². The number of rotatable bonds is 35. The molecule has 3 aromatic rings. The topological polar surface area (TPSA) is 44.8 Å².